The second kappa shape index (κ2) is 9.94. The lowest BCUT2D eigenvalue weighted by Gasteiger charge is -2.22. The molecular weight excluding hydrogens is 440 g/mol. The first-order valence-electron chi connectivity index (χ1n) is 10.3. The number of hydrogen-bond donors (Lipinski definition) is 2. The van der Waals surface area contributed by atoms with Gasteiger partial charge in [-0.2, -0.15) is 0 Å². The van der Waals surface area contributed by atoms with Crippen LogP contribution in [0.2, 0.25) is 5.02 Å². The van der Waals surface area contributed by atoms with Crippen molar-refractivity contribution >= 4 is 46.2 Å². The monoisotopic (exact) mass is 462 g/mol. The second-order valence-electron chi connectivity index (χ2n) is 7.44. The first-order valence-corrected chi connectivity index (χ1v) is 11.1. The molecule has 3 aromatic carbocycles. The number of rotatable bonds is 5. The maximum atomic E-state index is 13.2. The molecule has 0 bridgehead atoms. The van der Waals surface area contributed by atoms with Crippen LogP contribution < -0.4 is 15.5 Å². The number of anilines is 1. The van der Waals surface area contributed by atoms with Crippen LogP contribution in [0, 0.1) is 0 Å². The molecular formula is C25H23ClN4OS. The number of hydrogen-bond acceptors (Lipinski definition) is 3. The first-order chi connectivity index (χ1) is 15.5. The van der Waals surface area contributed by atoms with E-state index in [4.69, 9.17) is 28.8 Å². The molecule has 7 heteroatoms. The molecule has 0 fully saturated rings. The Morgan fingerprint density at radius 1 is 1.06 bits per heavy atom. The maximum Gasteiger partial charge on any atom is 0.272 e. The average molecular weight is 463 g/mol. The van der Waals surface area contributed by atoms with Crippen molar-refractivity contribution in [1.29, 1.82) is 0 Å². The van der Waals surface area contributed by atoms with Gasteiger partial charge in [-0.15, -0.1) is 0 Å². The molecule has 2 N–H and O–H groups in total. The van der Waals surface area contributed by atoms with Gasteiger partial charge in [-0.3, -0.25) is 4.79 Å². The van der Waals surface area contributed by atoms with Crippen LogP contribution in [0.3, 0.4) is 0 Å². The van der Waals surface area contributed by atoms with Crippen LogP contribution in [-0.2, 0) is 11.2 Å². The van der Waals surface area contributed by atoms with E-state index in [0.29, 0.717) is 22.4 Å². The highest BCUT2D eigenvalue weighted by Crippen LogP contribution is 2.29. The van der Waals surface area contributed by atoms with Gasteiger partial charge in [0.05, 0.1) is 11.4 Å². The molecule has 1 amide bonds. The van der Waals surface area contributed by atoms with Crippen molar-refractivity contribution in [3.63, 3.8) is 0 Å². The summed E-state index contributed by atoms with van der Waals surface area (Å²) in [6.07, 6.45) is -0.0398. The first kappa shape index (κ1) is 22.0. The standard InChI is InChI=1S/C25H23ClN4OS/c1-30-21-13-12-19(26)16-20(21)22(18-10-6-3-7-11-18)28-23(24(30)31)29-25(32)27-15-14-17-8-4-2-5-9-17/h2-13,16,23H,14-15H2,1H3,(H2,27,29,32). The minimum atomic E-state index is -0.863. The van der Waals surface area contributed by atoms with E-state index in [-0.39, 0.29) is 5.91 Å². The highest BCUT2D eigenvalue weighted by atomic mass is 35.5. The van der Waals surface area contributed by atoms with Gasteiger partial charge in [-0.05, 0) is 42.4 Å². The summed E-state index contributed by atoms with van der Waals surface area (Å²) < 4.78 is 0. The zero-order valence-electron chi connectivity index (χ0n) is 17.6. The van der Waals surface area contributed by atoms with Gasteiger partial charge in [0.1, 0.15) is 0 Å². The predicted molar refractivity (Wildman–Crippen MR) is 135 cm³/mol. The lowest BCUT2D eigenvalue weighted by molar-refractivity contribution is -0.119. The lowest BCUT2D eigenvalue weighted by atomic mass is 10.0. The van der Waals surface area contributed by atoms with E-state index in [1.165, 1.54) is 5.56 Å². The minimum absolute atomic E-state index is 0.202. The molecule has 0 saturated heterocycles. The van der Waals surface area contributed by atoms with Crippen molar-refractivity contribution in [3.05, 3.63) is 101 Å². The Labute approximate surface area is 198 Å². The minimum Gasteiger partial charge on any atom is -0.362 e. The number of carbonyl (C=O) groups is 1. The number of thiocarbonyl (C=S) groups is 1. The van der Waals surface area contributed by atoms with Crippen LogP contribution in [0.4, 0.5) is 5.69 Å². The second-order valence-corrected chi connectivity index (χ2v) is 8.29. The molecule has 0 aliphatic carbocycles. The topological polar surface area (TPSA) is 56.7 Å². The van der Waals surface area contributed by atoms with Crippen LogP contribution in [0.15, 0.2) is 83.9 Å². The van der Waals surface area contributed by atoms with Crippen LogP contribution >= 0.6 is 23.8 Å². The summed E-state index contributed by atoms with van der Waals surface area (Å²) in [5.74, 6) is -0.202. The summed E-state index contributed by atoms with van der Waals surface area (Å²) in [7, 11) is 1.74. The molecule has 0 saturated carbocycles. The number of nitrogens with zero attached hydrogens (tertiary/aromatic N) is 2. The van der Waals surface area contributed by atoms with Crippen LogP contribution in [0.5, 0.6) is 0 Å². The van der Waals surface area contributed by atoms with Gasteiger partial charge < -0.3 is 15.5 Å². The third kappa shape index (κ3) is 4.98. The number of halogens is 1. The molecule has 0 aromatic heterocycles. The van der Waals surface area contributed by atoms with Crippen LogP contribution in [0.25, 0.3) is 0 Å². The Morgan fingerprint density at radius 2 is 1.75 bits per heavy atom. The van der Waals surface area contributed by atoms with Gasteiger partial charge in [-0.1, -0.05) is 72.3 Å². The van der Waals surface area contributed by atoms with Crippen molar-refractivity contribution in [1.82, 2.24) is 10.6 Å². The maximum absolute atomic E-state index is 13.2. The largest absolute Gasteiger partial charge is 0.362 e. The molecule has 1 aliphatic heterocycles. The fourth-order valence-electron chi connectivity index (χ4n) is 3.61. The Bertz CT molecular complexity index is 1150. The molecule has 1 atom stereocenters. The predicted octanol–water partition coefficient (Wildman–Crippen LogP) is 4.19. The normalized spacial score (nSPS) is 15.4. The number of fused-ring (bicyclic) bond motifs is 1. The van der Waals surface area contributed by atoms with E-state index in [0.717, 1.165) is 23.2 Å². The molecule has 32 heavy (non-hydrogen) atoms. The summed E-state index contributed by atoms with van der Waals surface area (Å²) in [6, 6.07) is 25.4. The quantitative estimate of drug-likeness (QED) is 0.558. The zero-order chi connectivity index (χ0) is 22.5. The molecule has 3 aromatic rings. The lowest BCUT2D eigenvalue weighted by Crippen LogP contribution is -2.49. The molecule has 1 heterocycles. The number of nitrogens with one attached hydrogen (secondary N) is 2. The van der Waals surface area contributed by atoms with Gasteiger partial charge in [0, 0.05) is 29.7 Å². The van der Waals surface area contributed by atoms with Crippen molar-refractivity contribution in [2.75, 3.05) is 18.5 Å². The van der Waals surface area contributed by atoms with Gasteiger partial charge >= 0.3 is 0 Å². The Morgan fingerprint density at radius 3 is 2.47 bits per heavy atom. The SMILES string of the molecule is CN1C(=O)C(NC(=S)NCCc2ccccc2)N=C(c2ccccc2)c2cc(Cl)ccc21. The van der Waals surface area contributed by atoms with E-state index >= 15 is 0 Å². The highest BCUT2D eigenvalue weighted by molar-refractivity contribution is 7.80. The van der Waals surface area contributed by atoms with Gasteiger partial charge in [0.2, 0.25) is 6.17 Å². The summed E-state index contributed by atoms with van der Waals surface area (Å²) in [6.45, 7) is 0.650. The van der Waals surface area contributed by atoms with E-state index in [1.807, 2.05) is 60.7 Å². The van der Waals surface area contributed by atoms with Crippen molar-refractivity contribution in [3.8, 4) is 0 Å². The average Bonchev–Trinajstić information content (AvgIpc) is 2.91. The summed E-state index contributed by atoms with van der Waals surface area (Å²) in [5, 5.41) is 7.22. The fraction of sp³-hybridized carbons (Fsp3) is 0.160. The highest BCUT2D eigenvalue weighted by Gasteiger charge is 2.30. The fourth-order valence-corrected chi connectivity index (χ4v) is 3.99. The number of likely N-dealkylation sites (N-methyl/N-ethyl adjacent to an activating group) is 1. The van der Waals surface area contributed by atoms with Gasteiger partial charge in [0.25, 0.3) is 5.91 Å². The molecule has 0 radical (unpaired) electrons. The van der Waals surface area contributed by atoms with Gasteiger partial charge in [0.15, 0.2) is 5.11 Å². The van der Waals surface area contributed by atoms with Crippen molar-refractivity contribution < 1.29 is 4.79 Å². The summed E-state index contributed by atoms with van der Waals surface area (Å²) in [4.78, 5) is 19.6. The number of benzodiazepines with no additional fused rings is 1. The smallest absolute Gasteiger partial charge is 0.272 e. The van der Waals surface area contributed by atoms with E-state index in [1.54, 1.807) is 18.0 Å². The molecule has 0 spiro atoms. The third-order valence-corrected chi connectivity index (χ3v) is 5.75. The van der Waals surface area contributed by atoms with E-state index in [2.05, 4.69) is 22.8 Å². The number of aliphatic imine (C=N–C) groups is 1. The third-order valence-electron chi connectivity index (χ3n) is 5.25. The van der Waals surface area contributed by atoms with E-state index in [9.17, 15) is 4.79 Å². The van der Waals surface area contributed by atoms with Crippen molar-refractivity contribution in [2.24, 2.45) is 4.99 Å². The number of benzene rings is 3. The Balaban J connectivity index is 1.58. The van der Waals surface area contributed by atoms with Crippen molar-refractivity contribution in [2.45, 2.75) is 12.6 Å². The van der Waals surface area contributed by atoms with Crippen LogP contribution in [-0.4, -0.2) is 36.5 Å². The zero-order valence-corrected chi connectivity index (χ0v) is 19.2. The number of carbonyl (C=O) groups excluding carboxylic acids is 1. The summed E-state index contributed by atoms with van der Waals surface area (Å²) >= 11 is 11.8. The molecule has 1 aliphatic rings. The molecule has 5 nitrogen and oxygen atoms in total. The Kier molecular flexibility index (Phi) is 6.83. The molecule has 1 unspecified atom stereocenters. The van der Waals surface area contributed by atoms with E-state index < -0.39 is 6.17 Å². The molecule has 162 valence electrons. The Hall–Kier alpha value is -3.22. The summed E-state index contributed by atoms with van der Waals surface area (Å²) in [5.41, 5.74) is 4.34. The molecule has 4 rings (SSSR count). The van der Waals surface area contributed by atoms with Crippen LogP contribution in [0.1, 0.15) is 16.7 Å². The number of amides is 1. The van der Waals surface area contributed by atoms with Gasteiger partial charge in [-0.25, -0.2) is 4.99 Å².